The quantitative estimate of drug-likeness (QED) is 0.812. The minimum atomic E-state index is 0.0956. The molecule has 1 atom stereocenters. The van der Waals surface area contributed by atoms with Gasteiger partial charge in [-0.2, -0.15) is 0 Å². The van der Waals surface area contributed by atoms with Gasteiger partial charge in [0.05, 0.1) is 18.7 Å². The molecule has 0 radical (unpaired) electrons. The first-order valence-corrected chi connectivity index (χ1v) is 6.52. The first-order chi connectivity index (χ1) is 7.66. The van der Waals surface area contributed by atoms with Crippen LogP contribution in [-0.2, 0) is 16.0 Å². The van der Waals surface area contributed by atoms with Crippen molar-refractivity contribution in [1.29, 1.82) is 0 Å². The minimum absolute atomic E-state index is 0.0956. The second-order valence-electron chi connectivity index (χ2n) is 4.31. The van der Waals surface area contributed by atoms with Gasteiger partial charge in [-0.25, -0.2) is 4.98 Å². The predicted octanol–water partition coefficient (Wildman–Crippen LogP) is 2.30. The molecule has 1 aromatic heterocycles. The van der Waals surface area contributed by atoms with E-state index in [1.807, 2.05) is 13.8 Å². The molecule has 1 fully saturated rings. The van der Waals surface area contributed by atoms with Crippen LogP contribution in [-0.4, -0.2) is 24.0 Å². The number of Topliss-reactive ketones (excluding diaryl/α,β-unsaturated/α-hetero) is 1. The van der Waals surface area contributed by atoms with Crippen molar-refractivity contribution in [2.75, 3.05) is 13.2 Å². The fourth-order valence-electron chi connectivity index (χ4n) is 1.90. The van der Waals surface area contributed by atoms with E-state index in [9.17, 15) is 4.79 Å². The standard InChI is InChI=1S/C12H17NO2S/c1-8-9(2)16-12(13-8)6-11(14)10-4-3-5-15-7-10/h10H,3-7H2,1-2H3. The highest BCUT2D eigenvalue weighted by Gasteiger charge is 2.22. The summed E-state index contributed by atoms with van der Waals surface area (Å²) in [6, 6.07) is 0. The van der Waals surface area contributed by atoms with Crippen molar-refractivity contribution < 1.29 is 9.53 Å². The summed E-state index contributed by atoms with van der Waals surface area (Å²) >= 11 is 1.63. The van der Waals surface area contributed by atoms with Crippen LogP contribution in [0.1, 0.15) is 28.4 Å². The molecule has 4 heteroatoms. The van der Waals surface area contributed by atoms with Crippen molar-refractivity contribution in [2.24, 2.45) is 5.92 Å². The Morgan fingerprint density at radius 3 is 2.94 bits per heavy atom. The number of hydrogen-bond donors (Lipinski definition) is 0. The third-order valence-electron chi connectivity index (χ3n) is 3.01. The number of rotatable bonds is 3. The van der Waals surface area contributed by atoms with Gasteiger partial charge in [-0.15, -0.1) is 11.3 Å². The van der Waals surface area contributed by atoms with Crippen LogP contribution in [0, 0.1) is 19.8 Å². The number of aromatic nitrogens is 1. The SMILES string of the molecule is Cc1nc(CC(=O)C2CCCOC2)sc1C. The van der Waals surface area contributed by atoms with E-state index >= 15 is 0 Å². The normalized spacial score (nSPS) is 21.0. The van der Waals surface area contributed by atoms with Crippen LogP contribution in [0.15, 0.2) is 0 Å². The van der Waals surface area contributed by atoms with Crippen LogP contribution in [0.3, 0.4) is 0 Å². The lowest BCUT2D eigenvalue weighted by Crippen LogP contribution is -2.26. The molecule has 1 unspecified atom stereocenters. The summed E-state index contributed by atoms with van der Waals surface area (Å²) in [4.78, 5) is 17.6. The Labute approximate surface area is 99.8 Å². The molecule has 1 aliphatic heterocycles. The molecule has 0 aromatic carbocycles. The Morgan fingerprint density at radius 1 is 1.56 bits per heavy atom. The Hall–Kier alpha value is -0.740. The number of aryl methyl sites for hydroxylation is 2. The topological polar surface area (TPSA) is 39.2 Å². The molecule has 2 heterocycles. The van der Waals surface area contributed by atoms with E-state index in [2.05, 4.69) is 4.98 Å². The van der Waals surface area contributed by atoms with Gasteiger partial charge in [0.2, 0.25) is 0 Å². The van der Waals surface area contributed by atoms with E-state index < -0.39 is 0 Å². The molecule has 1 aliphatic rings. The Morgan fingerprint density at radius 2 is 2.38 bits per heavy atom. The number of thiazole rings is 1. The first-order valence-electron chi connectivity index (χ1n) is 5.70. The van der Waals surface area contributed by atoms with Crippen molar-refractivity contribution in [3.63, 3.8) is 0 Å². The van der Waals surface area contributed by atoms with Crippen molar-refractivity contribution >= 4 is 17.1 Å². The van der Waals surface area contributed by atoms with Crippen LogP contribution < -0.4 is 0 Å². The predicted molar refractivity (Wildman–Crippen MR) is 63.8 cm³/mol. The van der Waals surface area contributed by atoms with Gasteiger partial charge in [0.1, 0.15) is 10.8 Å². The van der Waals surface area contributed by atoms with Gasteiger partial charge in [0.25, 0.3) is 0 Å². The Balaban J connectivity index is 1.95. The molecular weight excluding hydrogens is 222 g/mol. The molecule has 0 N–H and O–H groups in total. The van der Waals surface area contributed by atoms with Crippen molar-refractivity contribution in [2.45, 2.75) is 33.1 Å². The third kappa shape index (κ3) is 2.68. The van der Waals surface area contributed by atoms with Crippen molar-refractivity contribution in [3.8, 4) is 0 Å². The largest absolute Gasteiger partial charge is 0.381 e. The maximum atomic E-state index is 12.0. The number of hydrogen-bond acceptors (Lipinski definition) is 4. The molecule has 2 rings (SSSR count). The average Bonchev–Trinajstić information content (AvgIpc) is 2.59. The molecule has 0 bridgehead atoms. The highest BCUT2D eigenvalue weighted by atomic mass is 32.1. The zero-order chi connectivity index (χ0) is 11.5. The summed E-state index contributed by atoms with van der Waals surface area (Å²) < 4.78 is 5.33. The number of ether oxygens (including phenoxy) is 1. The minimum Gasteiger partial charge on any atom is -0.381 e. The van der Waals surface area contributed by atoms with Crippen LogP contribution in [0.5, 0.6) is 0 Å². The summed E-state index contributed by atoms with van der Waals surface area (Å²) in [5.74, 6) is 0.381. The van der Waals surface area contributed by atoms with Gasteiger partial charge in [0.15, 0.2) is 0 Å². The fourth-order valence-corrected chi connectivity index (χ4v) is 2.85. The summed E-state index contributed by atoms with van der Waals surface area (Å²) in [6.45, 7) is 5.44. The molecule has 88 valence electrons. The van der Waals surface area contributed by atoms with E-state index in [1.54, 1.807) is 11.3 Å². The second-order valence-corrected chi connectivity index (χ2v) is 5.59. The lowest BCUT2D eigenvalue weighted by atomic mass is 9.96. The Bertz CT molecular complexity index is 361. The van der Waals surface area contributed by atoms with E-state index in [0.717, 1.165) is 30.2 Å². The molecule has 16 heavy (non-hydrogen) atoms. The van der Waals surface area contributed by atoms with Crippen LogP contribution in [0.4, 0.5) is 0 Å². The summed E-state index contributed by atoms with van der Waals surface area (Å²) in [6.07, 6.45) is 2.46. The smallest absolute Gasteiger partial charge is 0.145 e. The van der Waals surface area contributed by atoms with Crippen LogP contribution >= 0.6 is 11.3 Å². The first kappa shape index (κ1) is 11.7. The molecule has 0 saturated carbocycles. The van der Waals surface area contributed by atoms with Gasteiger partial charge in [0, 0.05) is 17.4 Å². The molecule has 0 aliphatic carbocycles. The second kappa shape index (κ2) is 5.06. The number of nitrogens with zero attached hydrogens (tertiary/aromatic N) is 1. The van der Waals surface area contributed by atoms with Crippen molar-refractivity contribution in [1.82, 2.24) is 4.98 Å². The molecule has 0 amide bonds. The number of carbonyl (C=O) groups excluding carboxylic acids is 1. The molecule has 3 nitrogen and oxygen atoms in total. The average molecular weight is 239 g/mol. The van der Waals surface area contributed by atoms with Crippen LogP contribution in [0.2, 0.25) is 0 Å². The maximum Gasteiger partial charge on any atom is 0.145 e. The molecule has 1 aromatic rings. The summed E-state index contributed by atoms with van der Waals surface area (Å²) in [5.41, 5.74) is 1.05. The van der Waals surface area contributed by atoms with Gasteiger partial charge >= 0.3 is 0 Å². The number of ketones is 1. The van der Waals surface area contributed by atoms with E-state index in [-0.39, 0.29) is 11.7 Å². The van der Waals surface area contributed by atoms with E-state index in [4.69, 9.17) is 4.74 Å². The number of carbonyl (C=O) groups is 1. The molecule has 1 saturated heterocycles. The zero-order valence-corrected chi connectivity index (χ0v) is 10.6. The monoisotopic (exact) mass is 239 g/mol. The lowest BCUT2D eigenvalue weighted by molar-refractivity contribution is -0.126. The van der Waals surface area contributed by atoms with E-state index in [0.29, 0.717) is 13.0 Å². The van der Waals surface area contributed by atoms with Gasteiger partial charge in [-0.3, -0.25) is 4.79 Å². The highest BCUT2D eigenvalue weighted by molar-refractivity contribution is 7.11. The highest BCUT2D eigenvalue weighted by Crippen LogP contribution is 2.21. The zero-order valence-electron chi connectivity index (χ0n) is 9.78. The van der Waals surface area contributed by atoms with E-state index in [1.165, 1.54) is 4.88 Å². The molecule has 0 spiro atoms. The van der Waals surface area contributed by atoms with Crippen molar-refractivity contribution in [3.05, 3.63) is 15.6 Å². The summed E-state index contributed by atoms with van der Waals surface area (Å²) in [5, 5.41) is 0.950. The lowest BCUT2D eigenvalue weighted by Gasteiger charge is -2.20. The fraction of sp³-hybridized carbons (Fsp3) is 0.667. The van der Waals surface area contributed by atoms with Gasteiger partial charge in [-0.1, -0.05) is 0 Å². The summed E-state index contributed by atoms with van der Waals surface area (Å²) in [7, 11) is 0. The van der Waals surface area contributed by atoms with Crippen LogP contribution in [0.25, 0.3) is 0 Å². The Kier molecular flexibility index (Phi) is 3.71. The maximum absolute atomic E-state index is 12.0. The molecular formula is C12H17NO2S. The van der Waals surface area contributed by atoms with Gasteiger partial charge < -0.3 is 4.74 Å². The third-order valence-corrected chi connectivity index (χ3v) is 4.09. The van der Waals surface area contributed by atoms with Gasteiger partial charge in [-0.05, 0) is 26.7 Å².